The van der Waals surface area contributed by atoms with Gasteiger partial charge in [-0.05, 0) is 91.9 Å². The summed E-state index contributed by atoms with van der Waals surface area (Å²) in [6.45, 7) is 1.69. The van der Waals surface area contributed by atoms with Gasteiger partial charge < -0.3 is 21.7 Å². The fourth-order valence-corrected chi connectivity index (χ4v) is 4.85. The highest BCUT2D eigenvalue weighted by molar-refractivity contribution is 6.35. The Morgan fingerprint density at radius 1 is 0.609 bits per heavy atom. The maximum absolute atomic E-state index is 12.5. The average molecular weight is 716 g/mol. The topological polar surface area (TPSA) is 126 Å². The fourth-order valence-electron chi connectivity index (χ4n) is 3.95. The van der Waals surface area contributed by atoms with Gasteiger partial charge in [0, 0.05) is 32.5 Å². The maximum Gasteiger partial charge on any atom is 0.257 e. The number of hydrogen-bond donors (Lipinski definition) is 4. The molecule has 46 heavy (non-hydrogen) atoms. The first kappa shape index (κ1) is 34.6. The van der Waals surface area contributed by atoms with Crippen LogP contribution in [-0.2, 0) is 0 Å². The number of amides is 3. The van der Waals surface area contributed by atoms with Crippen LogP contribution in [0.15, 0.2) is 97.1 Å². The zero-order valence-electron chi connectivity index (χ0n) is 23.9. The molecule has 3 amide bonds. The Balaban J connectivity index is 0.000000230. The van der Waals surface area contributed by atoms with Crippen molar-refractivity contribution in [1.82, 2.24) is 4.98 Å². The lowest BCUT2D eigenvalue weighted by molar-refractivity contribution is 0.101. The Morgan fingerprint density at radius 3 is 1.70 bits per heavy atom. The SMILES string of the molecule is Cc1nc(Cl)ccc1C(=O)Nc1ccc(Cl)c(NC(=O)c2cccc(Cl)c2)c1.Nc1ccc(Cl)c(NC(=O)c2cccc(Cl)c2)c1. The molecule has 0 aliphatic rings. The van der Waals surface area contributed by atoms with Crippen LogP contribution in [0.3, 0.4) is 0 Å². The molecule has 0 aliphatic heterocycles. The van der Waals surface area contributed by atoms with Crippen molar-refractivity contribution < 1.29 is 14.4 Å². The molecule has 0 spiro atoms. The Bertz CT molecular complexity index is 1940. The van der Waals surface area contributed by atoms with Crippen LogP contribution in [0.1, 0.15) is 36.8 Å². The maximum atomic E-state index is 12.5. The fraction of sp³-hybridized carbons (Fsp3) is 0.0303. The minimum absolute atomic E-state index is 0.287. The molecule has 5 aromatic rings. The zero-order valence-corrected chi connectivity index (χ0v) is 27.7. The summed E-state index contributed by atoms with van der Waals surface area (Å²) in [7, 11) is 0. The summed E-state index contributed by atoms with van der Waals surface area (Å²) in [6, 6.07) is 26.0. The minimum Gasteiger partial charge on any atom is -0.399 e. The van der Waals surface area contributed by atoms with Crippen molar-refractivity contribution in [2.45, 2.75) is 6.92 Å². The van der Waals surface area contributed by atoms with E-state index in [2.05, 4.69) is 20.9 Å². The van der Waals surface area contributed by atoms with E-state index in [9.17, 15) is 14.4 Å². The highest BCUT2D eigenvalue weighted by Crippen LogP contribution is 2.27. The largest absolute Gasteiger partial charge is 0.399 e. The molecular formula is C33H24Cl5N5O3. The highest BCUT2D eigenvalue weighted by Gasteiger charge is 2.14. The van der Waals surface area contributed by atoms with E-state index in [4.69, 9.17) is 63.7 Å². The van der Waals surface area contributed by atoms with Crippen molar-refractivity contribution in [3.8, 4) is 0 Å². The zero-order chi connectivity index (χ0) is 33.4. The number of rotatable bonds is 6. The first-order valence-corrected chi connectivity index (χ1v) is 15.2. The lowest BCUT2D eigenvalue weighted by Gasteiger charge is -2.12. The first-order chi connectivity index (χ1) is 21.9. The molecule has 0 atom stereocenters. The second kappa shape index (κ2) is 15.8. The number of nitrogen functional groups attached to an aromatic ring is 1. The Hall–Kier alpha value is -4.31. The van der Waals surface area contributed by atoms with Gasteiger partial charge in [-0.25, -0.2) is 4.98 Å². The molecule has 0 aliphatic carbocycles. The van der Waals surface area contributed by atoms with E-state index in [0.29, 0.717) is 70.4 Å². The minimum atomic E-state index is -0.370. The van der Waals surface area contributed by atoms with Gasteiger partial charge in [-0.15, -0.1) is 0 Å². The van der Waals surface area contributed by atoms with Crippen LogP contribution in [0.4, 0.5) is 22.7 Å². The van der Waals surface area contributed by atoms with E-state index in [0.717, 1.165) is 0 Å². The van der Waals surface area contributed by atoms with Crippen molar-refractivity contribution in [2.75, 3.05) is 21.7 Å². The van der Waals surface area contributed by atoms with E-state index in [1.54, 1.807) is 104 Å². The highest BCUT2D eigenvalue weighted by atomic mass is 35.5. The van der Waals surface area contributed by atoms with Crippen LogP contribution in [0.2, 0.25) is 25.2 Å². The molecule has 0 radical (unpaired) electrons. The number of nitrogens with zero attached hydrogens (tertiary/aromatic N) is 1. The third kappa shape index (κ3) is 9.59. The first-order valence-electron chi connectivity index (χ1n) is 13.3. The van der Waals surface area contributed by atoms with E-state index in [-0.39, 0.29) is 17.7 Å². The van der Waals surface area contributed by atoms with Crippen molar-refractivity contribution in [1.29, 1.82) is 0 Å². The molecule has 0 unspecified atom stereocenters. The quantitative estimate of drug-likeness (QED) is 0.103. The Kier molecular flexibility index (Phi) is 11.9. The van der Waals surface area contributed by atoms with Gasteiger partial charge in [0.25, 0.3) is 17.7 Å². The Labute approximate surface area is 289 Å². The van der Waals surface area contributed by atoms with Crippen molar-refractivity contribution >= 4 is 98.5 Å². The molecule has 1 heterocycles. The molecular weight excluding hydrogens is 692 g/mol. The number of nitrogens with two attached hydrogens (primary N) is 1. The predicted octanol–water partition coefficient (Wildman–Crippen LogP) is 9.68. The molecule has 0 bridgehead atoms. The molecule has 13 heteroatoms. The number of benzene rings is 4. The van der Waals surface area contributed by atoms with Gasteiger partial charge in [-0.3, -0.25) is 14.4 Å². The third-order valence-electron chi connectivity index (χ3n) is 6.18. The lowest BCUT2D eigenvalue weighted by atomic mass is 10.2. The second-order valence-electron chi connectivity index (χ2n) is 9.58. The normalized spacial score (nSPS) is 10.3. The monoisotopic (exact) mass is 713 g/mol. The number of aromatic nitrogens is 1. The molecule has 0 saturated heterocycles. The molecule has 5 N–H and O–H groups in total. The van der Waals surface area contributed by atoms with Gasteiger partial charge in [0.15, 0.2) is 0 Å². The smallest absolute Gasteiger partial charge is 0.257 e. The van der Waals surface area contributed by atoms with E-state index in [1.165, 1.54) is 0 Å². The average Bonchev–Trinajstić information content (AvgIpc) is 3.01. The van der Waals surface area contributed by atoms with E-state index in [1.807, 2.05) is 0 Å². The molecule has 1 aromatic heterocycles. The van der Waals surface area contributed by atoms with Crippen LogP contribution in [-0.4, -0.2) is 22.7 Å². The van der Waals surface area contributed by atoms with Gasteiger partial charge in [0.1, 0.15) is 5.15 Å². The summed E-state index contributed by atoms with van der Waals surface area (Å²) >= 11 is 29.7. The van der Waals surface area contributed by atoms with E-state index < -0.39 is 0 Å². The number of halogens is 5. The van der Waals surface area contributed by atoms with Crippen LogP contribution in [0, 0.1) is 6.92 Å². The van der Waals surface area contributed by atoms with Gasteiger partial charge in [0.2, 0.25) is 0 Å². The van der Waals surface area contributed by atoms with Gasteiger partial charge in [-0.2, -0.15) is 0 Å². The predicted molar refractivity (Wildman–Crippen MR) is 188 cm³/mol. The summed E-state index contributed by atoms with van der Waals surface area (Å²) in [5, 5.41) is 10.2. The van der Waals surface area contributed by atoms with Crippen molar-refractivity contribution in [2.24, 2.45) is 0 Å². The molecule has 234 valence electrons. The number of aryl methyl sites for hydroxylation is 1. The molecule has 0 saturated carbocycles. The summed E-state index contributed by atoms with van der Waals surface area (Å²) in [4.78, 5) is 40.9. The summed E-state index contributed by atoms with van der Waals surface area (Å²) in [5.74, 6) is -1.01. The number of anilines is 4. The summed E-state index contributed by atoms with van der Waals surface area (Å²) < 4.78 is 0. The van der Waals surface area contributed by atoms with Crippen LogP contribution in [0.25, 0.3) is 0 Å². The number of carbonyl (C=O) groups excluding carboxylic acids is 3. The summed E-state index contributed by atoms with van der Waals surface area (Å²) in [6.07, 6.45) is 0. The van der Waals surface area contributed by atoms with E-state index >= 15 is 0 Å². The lowest BCUT2D eigenvalue weighted by Crippen LogP contribution is -2.15. The number of pyridine rings is 1. The second-order valence-corrected chi connectivity index (χ2v) is 11.7. The number of hydrogen-bond acceptors (Lipinski definition) is 5. The van der Waals surface area contributed by atoms with Gasteiger partial charge in [-0.1, -0.05) is 70.1 Å². The molecule has 4 aromatic carbocycles. The molecule has 0 fully saturated rings. The Morgan fingerprint density at radius 2 is 1.15 bits per heavy atom. The standard InChI is InChI=1S/C20H14Cl3N3O2.C13H10Cl2N2O/c1-11-15(6-8-18(23)24-11)20(28)25-14-5-7-16(22)17(10-14)26-19(27)12-3-2-4-13(21)9-12;14-9-3-1-2-8(6-9)13(18)17-12-7-10(16)4-5-11(12)15/h2-10H,1H3,(H,25,28)(H,26,27);1-7H,16H2,(H,17,18). The van der Waals surface area contributed by atoms with Crippen LogP contribution in [0.5, 0.6) is 0 Å². The van der Waals surface area contributed by atoms with Crippen LogP contribution >= 0.6 is 58.0 Å². The van der Waals surface area contributed by atoms with Gasteiger partial charge in [0.05, 0.1) is 32.7 Å². The van der Waals surface area contributed by atoms with Crippen LogP contribution < -0.4 is 21.7 Å². The molecule has 8 nitrogen and oxygen atoms in total. The summed E-state index contributed by atoms with van der Waals surface area (Å²) in [5.41, 5.74) is 9.21. The molecule has 5 rings (SSSR count). The van der Waals surface area contributed by atoms with Crippen molar-refractivity contribution in [3.05, 3.63) is 145 Å². The van der Waals surface area contributed by atoms with Gasteiger partial charge >= 0.3 is 0 Å². The number of nitrogens with one attached hydrogen (secondary N) is 3. The third-order valence-corrected chi connectivity index (χ3v) is 7.52. The van der Waals surface area contributed by atoms with Crippen molar-refractivity contribution in [3.63, 3.8) is 0 Å². The number of carbonyl (C=O) groups is 3.